The summed E-state index contributed by atoms with van der Waals surface area (Å²) >= 11 is 0. The smallest absolute Gasteiger partial charge is 0.423 e. The average Bonchev–Trinajstić information content (AvgIpc) is 2.34. The van der Waals surface area contributed by atoms with Crippen molar-refractivity contribution in [3.05, 3.63) is 29.8 Å². The molecule has 0 saturated carbocycles. The molecule has 0 fully saturated rings. The quantitative estimate of drug-likeness (QED) is 0.556. The summed E-state index contributed by atoms with van der Waals surface area (Å²) in [6.07, 6.45) is 0. The fourth-order valence-corrected chi connectivity index (χ4v) is 1.17. The monoisotopic (exact) mass is 174 g/mol. The zero-order valence-electron chi connectivity index (χ0n) is 5.80. The topological polar surface area (TPSA) is 29.5 Å². The molecule has 0 aromatic heterocycles. The molecule has 0 radical (unpaired) electrons. The van der Waals surface area contributed by atoms with E-state index in [1.807, 2.05) is 24.3 Å². The Morgan fingerprint density at radius 1 is 1.36 bits per heavy atom. The molecular formula is C7H7ArBO2. The van der Waals surface area contributed by atoms with Gasteiger partial charge in [-0.05, 0) is 11.0 Å². The SMILES string of the molecule is OB1OCc2ccccc21.[Ar]. The first-order valence-corrected chi connectivity index (χ1v) is 3.25. The van der Waals surface area contributed by atoms with Crippen molar-refractivity contribution in [2.45, 2.75) is 6.61 Å². The molecule has 11 heavy (non-hydrogen) atoms. The molecule has 1 aromatic rings. The second kappa shape index (κ2) is 3.92. The summed E-state index contributed by atoms with van der Waals surface area (Å²) in [4.78, 5) is 0. The first-order valence-electron chi connectivity index (χ1n) is 3.25. The standard InChI is InChI=1S/C7H7BO2.Ar/c9-8-7-4-2-1-3-6(7)5-10-8;/h1-4,9H,5H2;. The molecule has 1 aliphatic heterocycles. The first kappa shape index (κ1) is 9.55. The Kier molecular flexibility index (Phi) is 3.40. The van der Waals surface area contributed by atoms with Gasteiger partial charge in [0.25, 0.3) is 0 Å². The molecule has 1 aromatic carbocycles. The van der Waals surface area contributed by atoms with Gasteiger partial charge < -0.3 is 9.68 Å². The molecular weight excluding hydrogens is 167 g/mol. The fourth-order valence-electron chi connectivity index (χ4n) is 1.17. The van der Waals surface area contributed by atoms with Gasteiger partial charge in [-0.3, -0.25) is 0 Å². The summed E-state index contributed by atoms with van der Waals surface area (Å²) in [6, 6.07) is 7.69. The zero-order chi connectivity index (χ0) is 6.97. The van der Waals surface area contributed by atoms with Gasteiger partial charge in [0, 0.05) is 37.7 Å². The summed E-state index contributed by atoms with van der Waals surface area (Å²) < 4.78 is 4.98. The first-order chi connectivity index (χ1) is 4.88. The van der Waals surface area contributed by atoms with Crippen molar-refractivity contribution in [1.29, 1.82) is 0 Å². The Morgan fingerprint density at radius 2 is 2.09 bits per heavy atom. The summed E-state index contributed by atoms with van der Waals surface area (Å²) in [7, 11) is -0.698. The minimum absolute atomic E-state index is 0. The largest absolute Gasteiger partial charge is 0.491 e. The Bertz CT molecular complexity index is 254. The van der Waals surface area contributed by atoms with Crippen LogP contribution in [0.2, 0.25) is 0 Å². The van der Waals surface area contributed by atoms with Gasteiger partial charge in [0.05, 0.1) is 6.61 Å². The van der Waals surface area contributed by atoms with E-state index in [-0.39, 0.29) is 37.7 Å². The second-order valence-electron chi connectivity index (χ2n) is 2.36. The molecule has 58 valence electrons. The summed E-state index contributed by atoms with van der Waals surface area (Å²) in [6.45, 7) is 0.539. The van der Waals surface area contributed by atoms with E-state index in [2.05, 4.69) is 0 Å². The van der Waals surface area contributed by atoms with Gasteiger partial charge in [0.15, 0.2) is 0 Å². The van der Waals surface area contributed by atoms with E-state index >= 15 is 0 Å². The summed E-state index contributed by atoms with van der Waals surface area (Å²) in [5, 5.41) is 9.16. The van der Waals surface area contributed by atoms with Gasteiger partial charge >= 0.3 is 7.12 Å². The van der Waals surface area contributed by atoms with Crippen molar-refractivity contribution in [1.82, 2.24) is 0 Å². The van der Waals surface area contributed by atoms with E-state index in [1.54, 1.807) is 0 Å². The number of hydrogen-bond acceptors (Lipinski definition) is 2. The Hall–Kier alpha value is 0.465. The van der Waals surface area contributed by atoms with E-state index in [1.165, 1.54) is 0 Å². The van der Waals surface area contributed by atoms with Crippen LogP contribution >= 0.6 is 0 Å². The molecule has 4 heteroatoms. The molecule has 1 aliphatic rings. The van der Waals surface area contributed by atoms with Crippen molar-refractivity contribution in [3.63, 3.8) is 0 Å². The van der Waals surface area contributed by atoms with Gasteiger partial charge in [0.1, 0.15) is 0 Å². The van der Waals surface area contributed by atoms with Crippen LogP contribution in [0.5, 0.6) is 0 Å². The summed E-state index contributed by atoms with van der Waals surface area (Å²) in [5.41, 5.74) is 2.00. The van der Waals surface area contributed by atoms with Crippen LogP contribution in [-0.2, 0) is 11.3 Å². The van der Waals surface area contributed by atoms with Crippen LogP contribution < -0.4 is 5.46 Å². The van der Waals surface area contributed by atoms with Crippen LogP contribution in [-0.4, -0.2) is 12.1 Å². The molecule has 0 spiro atoms. The van der Waals surface area contributed by atoms with E-state index in [9.17, 15) is 0 Å². The third kappa shape index (κ3) is 1.79. The number of rotatable bonds is 0. The molecule has 0 aliphatic carbocycles. The normalized spacial score (nSPS) is 14.1. The zero-order valence-corrected chi connectivity index (χ0v) is 6.51. The van der Waals surface area contributed by atoms with Crippen LogP contribution in [0.15, 0.2) is 24.3 Å². The van der Waals surface area contributed by atoms with Gasteiger partial charge in [-0.25, -0.2) is 0 Å². The maximum Gasteiger partial charge on any atom is 0.491 e. The number of hydrogen-bond donors (Lipinski definition) is 1. The van der Waals surface area contributed by atoms with Crippen molar-refractivity contribution >= 4 is 12.6 Å². The molecule has 2 nitrogen and oxygen atoms in total. The maximum atomic E-state index is 9.16. The van der Waals surface area contributed by atoms with Crippen molar-refractivity contribution in [2.24, 2.45) is 0 Å². The third-order valence-corrected chi connectivity index (χ3v) is 1.72. The van der Waals surface area contributed by atoms with Gasteiger partial charge in [0.2, 0.25) is 0 Å². The minimum atomic E-state index is -0.698. The predicted molar refractivity (Wildman–Crippen MR) is 38.8 cm³/mol. The molecule has 0 saturated heterocycles. The Balaban J connectivity index is 0.000000605. The van der Waals surface area contributed by atoms with Crippen molar-refractivity contribution < 1.29 is 47.4 Å². The van der Waals surface area contributed by atoms with Gasteiger partial charge in [-0.2, -0.15) is 0 Å². The van der Waals surface area contributed by atoms with E-state index in [0.717, 1.165) is 11.0 Å². The summed E-state index contributed by atoms with van der Waals surface area (Å²) in [5.74, 6) is 0. The van der Waals surface area contributed by atoms with Gasteiger partial charge in [-0.1, -0.05) is 24.3 Å². The van der Waals surface area contributed by atoms with Crippen LogP contribution in [0, 0.1) is 37.7 Å². The van der Waals surface area contributed by atoms with Crippen LogP contribution in [0.3, 0.4) is 0 Å². The second-order valence-corrected chi connectivity index (χ2v) is 2.36. The van der Waals surface area contributed by atoms with Crippen molar-refractivity contribution in [3.8, 4) is 0 Å². The van der Waals surface area contributed by atoms with Crippen LogP contribution in [0.25, 0.3) is 0 Å². The molecule has 0 atom stereocenters. The van der Waals surface area contributed by atoms with Crippen LogP contribution in [0.4, 0.5) is 0 Å². The molecule has 1 heterocycles. The predicted octanol–water partition coefficient (Wildman–Crippen LogP) is -0.0957. The third-order valence-electron chi connectivity index (χ3n) is 1.72. The van der Waals surface area contributed by atoms with E-state index < -0.39 is 7.12 Å². The van der Waals surface area contributed by atoms with Gasteiger partial charge in [-0.15, -0.1) is 0 Å². The Morgan fingerprint density at radius 3 is 2.82 bits per heavy atom. The Labute approximate surface area is 95.7 Å². The molecule has 1 N–H and O–H groups in total. The van der Waals surface area contributed by atoms with Crippen LogP contribution in [0.1, 0.15) is 5.56 Å². The average molecular weight is 174 g/mol. The molecule has 0 bridgehead atoms. The van der Waals surface area contributed by atoms with E-state index in [0.29, 0.717) is 6.61 Å². The van der Waals surface area contributed by atoms with E-state index in [4.69, 9.17) is 9.68 Å². The fraction of sp³-hybridized carbons (Fsp3) is 0.143. The molecule has 2 rings (SSSR count). The van der Waals surface area contributed by atoms with Crippen molar-refractivity contribution in [2.75, 3.05) is 0 Å². The molecule has 0 unspecified atom stereocenters. The maximum absolute atomic E-state index is 9.16. The number of fused-ring (bicyclic) bond motifs is 1. The molecule has 0 amide bonds. The minimum Gasteiger partial charge on any atom is -0.423 e. The number of benzene rings is 1.